The molecular weight excluding hydrogens is 232 g/mol. The molecular formula is C13H14N2OS. The first-order chi connectivity index (χ1) is 8.24. The number of nitrogens with two attached hydrogens (primary N) is 1. The fourth-order valence-electron chi connectivity index (χ4n) is 2.21. The highest BCUT2D eigenvalue weighted by Gasteiger charge is 2.25. The first-order valence-corrected chi connectivity index (χ1v) is 6.59. The van der Waals surface area contributed by atoms with Gasteiger partial charge in [0.15, 0.2) is 0 Å². The smallest absolute Gasteiger partial charge is 0.264 e. The van der Waals surface area contributed by atoms with E-state index in [1.807, 2.05) is 35.2 Å². The van der Waals surface area contributed by atoms with Gasteiger partial charge in [-0.25, -0.2) is 0 Å². The summed E-state index contributed by atoms with van der Waals surface area (Å²) in [5.41, 5.74) is 5.83. The molecule has 3 nitrogen and oxygen atoms in total. The van der Waals surface area contributed by atoms with E-state index in [9.17, 15) is 4.79 Å². The van der Waals surface area contributed by atoms with Crippen LogP contribution in [0, 0.1) is 0 Å². The van der Waals surface area contributed by atoms with Crippen LogP contribution < -0.4 is 5.73 Å². The van der Waals surface area contributed by atoms with Crippen LogP contribution in [0.3, 0.4) is 0 Å². The molecule has 88 valence electrons. The third-order valence-electron chi connectivity index (χ3n) is 3.15. The van der Waals surface area contributed by atoms with Crippen molar-refractivity contribution in [3.05, 3.63) is 35.2 Å². The van der Waals surface area contributed by atoms with E-state index in [-0.39, 0.29) is 11.9 Å². The number of fused-ring (bicyclic) bond motifs is 1. The number of rotatable bonds is 1. The standard InChI is InChI=1S/C13H14N2OS/c14-10-5-6-15(8-10)13(16)12-7-9-3-1-2-4-11(9)17-12/h1-4,7,10H,5-6,8,14H2/t10-/m1/s1. The van der Waals surface area contributed by atoms with Crippen molar-refractivity contribution in [1.82, 2.24) is 4.90 Å². The molecule has 1 saturated heterocycles. The number of likely N-dealkylation sites (tertiary alicyclic amines) is 1. The summed E-state index contributed by atoms with van der Waals surface area (Å²) in [5.74, 6) is 0.124. The van der Waals surface area contributed by atoms with Crippen LogP contribution in [0.2, 0.25) is 0 Å². The summed E-state index contributed by atoms with van der Waals surface area (Å²) in [6.45, 7) is 1.47. The van der Waals surface area contributed by atoms with E-state index < -0.39 is 0 Å². The second-order valence-electron chi connectivity index (χ2n) is 4.45. The van der Waals surface area contributed by atoms with Gasteiger partial charge in [0.1, 0.15) is 0 Å². The van der Waals surface area contributed by atoms with Crippen molar-refractivity contribution >= 4 is 27.3 Å². The molecule has 0 bridgehead atoms. The predicted octanol–water partition coefficient (Wildman–Crippen LogP) is 2.07. The number of amides is 1. The lowest BCUT2D eigenvalue weighted by Gasteiger charge is -2.13. The molecule has 0 unspecified atom stereocenters. The van der Waals surface area contributed by atoms with E-state index in [0.29, 0.717) is 6.54 Å². The van der Waals surface area contributed by atoms with E-state index in [2.05, 4.69) is 0 Å². The maximum Gasteiger partial charge on any atom is 0.264 e. The Kier molecular flexibility index (Phi) is 2.61. The minimum Gasteiger partial charge on any atom is -0.336 e. The van der Waals surface area contributed by atoms with Gasteiger partial charge in [-0.3, -0.25) is 4.79 Å². The van der Waals surface area contributed by atoms with Gasteiger partial charge >= 0.3 is 0 Å². The topological polar surface area (TPSA) is 46.3 Å². The number of carbonyl (C=O) groups is 1. The maximum absolute atomic E-state index is 12.2. The Balaban J connectivity index is 1.90. The van der Waals surface area contributed by atoms with Crippen LogP contribution in [0.15, 0.2) is 30.3 Å². The highest BCUT2D eigenvalue weighted by molar-refractivity contribution is 7.20. The summed E-state index contributed by atoms with van der Waals surface area (Å²) in [6, 6.07) is 10.2. The van der Waals surface area contributed by atoms with E-state index in [1.54, 1.807) is 11.3 Å². The minimum absolute atomic E-state index is 0.124. The molecule has 0 saturated carbocycles. The Morgan fingerprint density at radius 1 is 1.41 bits per heavy atom. The molecule has 3 rings (SSSR count). The number of hydrogen-bond acceptors (Lipinski definition) is 3. The van der Waals surface area contributed by atoms with Gasteiger partial charge in [0, 0.05) is 23.8 Å². The molecule has 0 radical (unpaired) electrons. The van der Waals surface area contributed by atoms with Crippen molar-refractivity contribution in [3.8, 4) is 0 Å². The largest absolute Gasteiger partial charge is 0.336 e. The lowest BCUT2D eigenvalue weighted by atomic mass is 10.2. The average molecular weight is 246 g/mol. The predicted molar refractivity (Wildman–Crippen MR) is 70.3 cm³/mol. The highest BCUT2D eigenvalue weighted by atomic mass is 32.1. The van der Waals surface area contributed by atoms with Crippen molar-refractivity contribution in [2.24, 2.45) is 5.73 Å². The molecule has 1 atom stereocenters. The SMILES string of the molecule is N[C@@H]1CCN(C(=O)c2cc3ccccc3s2)C1. The zero-order valence-corrected chi connectivity index (χ0v) is 10.2. The van der Waals surface area contributed by atoms with Crippen molar-refractivity contribution in [1.29, 1.82) is 0 Å². The van der Waals surface area contributed by atoms with Crippen LogP contribution in [0.5, 0.6) is 0 Å². The van der Waals surface area contributed by atoms with Crippen molar-refractivity contribution in [3.63, 3.8) is 0 Å². The van der Waals surface area contributed by atoms with E-state index >= 15 is 0 Å². The van der Waals surface area contributed by atoms with E-state index in [4.69, 9.17) is 5.73 Å². The van der Waals surface area contributed by atoms with E-state index in [0.717, 1.165) is 23.2 Å². The van der Waals surface area contributed by atoms with E-state index in [1.165, 1.54) is 4.70 Å². The summed E-state index contributed by atoms with van der Waals surface area (Å²) >= 11 is 1.56. The summed E-state index contributed by atoms with van der Waals surface area (Å²) in [6.07, 6.45) is 0.913. The summed E-state index contributed by atoms with van der Waals surface area (Å²) in [5, 5.41) is 1.14. The van der Waals surface area contributed by atoms with Crippen molar-refractivity contribution < 1.29 is 4.79 Å². The number of benzene rings is 1. The Labute approximate surface area is 104 Å². The molecule has 1 aliphatic heterocycles. The van der Waals surface area contributed by atoms with Gasteiger partial charge in [-0.15, -0.1) is 11.3 Å². The van der Waals surface area contributed by atoms with Crippen LogP contribution in [0.4, 0.5) is 0 Å². The zero-order chi connectivity index (χ0) is 11.8. The van der Waals surface area contributed by atoms with Crippen LogP contribution in [-0.4, -0.2) is 29.9 Å². The van der Waals surface area contributed by atoms with Crippen molar-refractivity contribution in [2.75, 3.05) is 13.1 Å². The number of nitrogens with zero attached hydrogens (tertiary/aromatic N) is 1. The maximum atomic E-state index is 12.2. The minimum atomic E-state index is 0.124. The molecule has 4 heteroatoms. The van der Waals surface area contributed by atoms with Gasteiger partial charge < -0.3 is 10.6 Å². The molecule has 2 aromatic rings. The Bertz CT molecular complexity index is 530. The van der Waals surface area contributed by atoms with Crippen LogP contribution in [0.1, 0.15) is 16.1 Å². The first kappa shape index (κ1) is 10.7. The second-order valence-corrected chi connectivity index (χ2v) is 5.53. The zero-order valence-electron chi connectivity index (χ0n) is 9.43. The Hall–Kier alpha value is -1.39. The third-order valence-corrected chi connectivity index (χ3v) is 4.25. The van der Waals surface area contributed by atoms with Gasteiger partial charge in [-0.05, 0) is 23.9 Å². The third kappa shape index (κ3) is 1.94. The highest BCUT2D eigenvalue weighted by Crippen LogP contribution is 2.27. The monoisotopic (exact) mass is 246 g/mol. The lowest BCUT2D eigenvalue weighted by molar-refractivity contribution is 0.0795. The quantitative estimate of drug-likeness (QED) is 0.837. The summed E-state index contributed by atoms with van der Waals surface area (Å²) < 4.78 is 1.17. The molecule has 0 spiro atoms. The van der Waals surface area contributed by atoms with Crippen LogP contribution >= 0.6 is 11.3 Å². The molecule has 2 N–H and O–H groups in total. The molecule has 1 fully saturated rings. The van der Waals surface area contributed by atoms with Gasteiger partial charge in [0.05, 0.1) is 4.88 Å². The van der Waals surface area contributed by atoms with Crippen LogP contribution in [0.25, 0.3) is 10.1 Å². The number of carbonyl (C=O) groups excluding carboxylic acids is 1. The summed E-state index contributed by atoms with van der Waals surface area (Å²) in [4.78, 5) is 14.9. The Morgan fingerprint density at radius 2 is 2.24 bits per heavy atom. The molecule has 1 aromatic carbocycles. The van der Waals surface area contributed by atoms with Gasteiger partial charge in [0.25, 0.3) is 5.91 Å². The number of hydrogen-bond donors (Lipinski definition) is 1. The molecule has 0 aliphatic carbocycles. The average Bonchev–Trinajstić information content (AvgIpc) is 2.93. The van der Waals surface area contributed by atoms with Crippen LogP contribution in [-0.2, 0) is 0 Å². The lowest BCUT2D eigenvalue weighted by Crippen LogP contribution is -2.31. The fraction of sp³-hybridized carbons (Fsp3) is 0.308. The Morgan fingerprint density at radius 3 is 2.94 bits per heavy atom. The van der Waals surface area contributed by atoms with Gasteiger partial charge in [-0.1, -0.05) is 18.2 Å². The molecule has 2 heterocycles. The van der Waals surface area contributed by atoms with Gasteiger partial charge in [-0.2, -0.15) is 0 Å². The number of thiophene rings is 1. The normalized spacial score (nSPS) is 20.1. The second kappa shape index (κ2) is 4.13. The molecule has 17 heavy (non-hydrogen) atoms. The first-order valence-electron chi connectivity index (χ1n) is 5.77. The molecule has 1 aromatic heterocycles. The molecule has 1 amide bonds. The summed E-state index contributed by atoms with van der Waals surface area (Å²) in [7, 11) is 0. The van der Waals surface area contributed by atoms with Gasteiger partial charge in [0.2, 0.25) is 0 Å². The van der Waals surface area contributed by atoms with Crippen molar-refractivity contribution in [2.45, 2.75) is 12.5 Å². The fourth-order valence-corrected chi connectivity index (χ4v) is 3.25. The molecule has 1 aliphatic rings.